The van der Waals surface area contributed by atoms with Crippen LogP contribution in [0.4, 0.5) is 16.2 Å². The van der Waals surface area contributed by atoms with Crippen LogP contribution < -0.4 is 20.7 Å². The number of rotatable bonds is 5. The maximum atomic E-state index is 12.5. The summed E-state index contributed by atoms with van der Waals surface area (Å²) >= 11 is 0. The molecule has 3 aromatic rings. The zero-order valence-corrected chi connectivity index (χ0v) is 15.4. The van der Waals surface area contributed by atoms with Gasteiger partial charge < -0.3 is 20.7 Å². The average molecular weight is 376 g/mol. The molecule has 2 aromatic carbocycles. The quantitative estimate of drug-likeness (QED) is 0.632. The number of hydrogen-bond acceptors (Lipinski definition) is 4. The van der Waals surface area contributed by atoms with Crippen LogP contribution in [0, 0.1) is 0 Å². The fraction of sp³-hybridized carbons (Fsp3) is 0.190. The van der Waals surface area contributed by atoms with Crippen LogP contribution in [0.15, 0.2) is 54.6 Å². The second kappa shape index (κ2) is 7.56. The van der Waals surface area contributed by atoms with Crippen LogP contribution in [0.25, 0.3) is 10.9 Å². The highest BCUT2D eigenvalue weighted by Gasteiger charge is 2.23. The van der Waals surface area contributed by atoms with Gasteiger partial charge in [-0.15, -0.1) is 0 Å². The third-order valence-electron chi connectivity index (χ3n) is 4.44. The van der Waals surface area contributed by atoms with Crippen molar-refractivity contribution in [3.63, 3.8) is 0 Å². The summed E-state index contributed by atoms with van der Waals surface area (Å²) in [6.45, 7) is 0. The number of anilines is 2. The number of amides is 3. The van der Waals surface area contributed by atoms with Crippen LogP contribution in [0.5, 0.6) is 5.75 Å². The Hall–Kier alpha value is -3.61. The Kier molecular flexibility index (Phi) is 4.80. The fourth-order valence-electron chi connectivity index (χ4n) is 2.77. The van der Waals surface area contributed by atoms with E-state index in [9.17, 15) is 9.59 Å². The highest BCUT2D eigenvalue weighted by molar-refractivity contribution is 6.04. The number of urea groups is 1. The van der Waals surface area contributed by atoms with E-state index in [4.69, 9.17) is 4.74 Å². The first-order valence-corrected chi connectivity index (χ1v) is 9.04. The van der Waals surface area contributed by atoms with Crippen molar-refractivity contribution in [2.75, 3.05) is 17.7 Å². The molecular weight excluding hydrogens is 356 g/mol. The number of aromatic nitrogens is 1. The van der Waals surface area contributed by atoms with E-state index in [2.05, 4.69) is 20.9 Å². The summed E-state index contributed by atoms with van der Waals surface area (Å²) < 4.78 is 5.20. The van der Waals surface area contributed by atoms with E-state index in [-0.39, 0.29) is 11.9 Å². The van der Waals surface area contributed by atoms with Gasteiger partial charge in [0.2, 0.25) is 0 Å². The second-order valence-corrected chi connectivity index (χ2v) is 6.66. The Morgan fingerprint density at radius 1 is 0.964 bits per heavy atom. The third-order valence-corrected chi connectivity index (χ3v) is 4.44. The van der Waals surface area contributed by atoms with Gasteiger partial charge in [-0.2, -0.15) is 0 Å². The van der Waals surface area contributed by atoms with Crippen molar-refractivity contribution < 1.29 is 14.3 Å². The number of carbonyl (C=O) groups is 2. The molecule has 1 aromatic heterocycles. The highest BCUT2D eigenvalue weighted by Crippen LogP contribution is 2.21. The first-order valence-electron chi connectivity index (χ1n) is 9.04. The molecule has 0 unspecified atom stereocenters. The zero-order chi connectivity index (χ0) is 19.5. The lowest BCUT2D eigenvalue weighted by Crippen LogP contribution is -2.30. The van der Waals surface area contributed by atoms with E-state index in [0.29, 0.717) is 23.1 Å². The van der Waals surface area contributed by atoms with Crippen molar-refractivity contribution in [3.05, 3.63) is 60.3 Å². The normalized spacial score (nSPS) is 13.0. The molecule has 0 atom stereocenters. The maximum absolute atomic E-state index is 12.5. The predicted molar refractivity (Wildman–Crippen MR) is 108 cm³/mol. The van der Waals surface area contributed by atoms with Crippen LogP contribution in [-0.4, -0.2) is 30.1 Å². The number of ether oxygens (including phenoxy) is 1. The van der Waals surface area contributed by atoms with Gasteiger partial charge in [0.15, 0.2) is 0 Å². The van der Waals surface area contributed by atoms with Crippen LogP contribution >= 0.6 is 0 Å². The van der Waals surface area contributed by atoms with E-state index in [0.717, 1.165) is 29.5 Å². The molecule has 1 fully saturated rings. The standard InChI is InChI=1S/C21H20N4O3/c1-28-17-9-11-18-13(12-17)2-10-19(25-18)20(26)22-14-3-5-15(6-4-14)23-21(27)24-16-7-8-16/h2-6,9-12,16H,7-8H2,1H3,(H,22,26)(H2,23,24,27). The summed E-state index contributed by atoms with van der Waals surface area (Å²) in [5.74, 6) is 0.441. The molecule has 0 spiro atoms. The monoisotopic (exact) mass is 376 g/mol. The topological polar surface area (TPSA) is 92.3 Å². The van der Waals surface area contributed by atoms with Crippen LogP contribution in [0.3, 0.4) is 0 Å². The van der Waals surface area contributed by atoms with Gasteiger partial charge in [0.1, 0.15) is 11.4 Å². The lowest BCUT2D eigenvalue weighted by molar-refractivity contribution is 0.102. The van der Waals surface area contributed by atoms with Crippen molar-refractivity contribution in [1.82, 2.24) is 10.3 Å². The van der Waals surface area contributed by atoms with Gasteiger partial charge in [-0.25, -0.2) is 9.78 Å². The van der Waals surface area contributed by atoms with Gasteiger partial charge in [0.05, 0.1) is 12.6 Å². The molecule has 0 aliphatic heterocycles. The first-order chi connectivity index (χ1) is 13.6. The van der Waals surface area contributed by atoms with Gasteiger partial charge in [-0.1, -0.05) is 6.07 Å². The summed E-state index contributed by atoms with van der Waals surface area (Å²) in [6.07, 6.45) is 2.07. The van der Waals surface area contributed by atoms with Gasteiger partial charge >= 0.3 is 6.03 Å². The van der Waals surface area contributed by atoms with Crippen molar-refractivity contribution in [2.45, 2.75) is 18.9 Å². The highest BCUT2D eigenvalue weighted by atomic mass is 16.5. The molecule has 28 heavy (non-hydrogen) atoms. The number of carbonyl (C=O) groups excluding carboxylic acids is 2. The Morgan fingerprint density at radius 2 is 1.68 bits per heavy atom. The number of hydrogen-bond donors (Lipinski definition) is 3. The number of nitrogens with one attached hydrogen (secondary N) is 3. The number of nitrogens with zero attached hydrogens (tertiary/aromatic N) is 1. The molecule has 0 saturated heterocycles. The maximum Gasteiger partial charge on any atom is 0.319 e. The number of benzene rings is 2. The second-order valence-electron chi connectivity index (χ2n) is 6.66. The minimum absolute atomic E-state index is 0.212. The largest absolute Gasteiger partial charge is 0.497 e. The van der Waals surface area contributed by atoms with E-state index < -0.39 is 0 Å². The molecule has 3 N–H and O–H groups in total. The molecule has 1 aliphatic rings. The van der Waals surface area contributed by atoms with E-state index >= 15 is 0 Å². The lowest BCUT2D eigenvalue weighted by Gasteiger charge is -2.09. The summed E-state index contributed by atoms with van der Waals surface area (Å²) in [4.78, 5) is 28.6. The molecule has 1 aliphatic carbocycles. The molecule has 4 rings (SSSR count). The van der Waals surface area contributed by atoms with E-state index in [1.54, 1.807) is 37.4 Å². The number of methoxy groups -OCH3 is 1. The average Bonchev–Trinajstić information content (AvgIpc) is 3.52. The van der Waals surface area contributed by atoms with Crippen molar-refractivity contribution in [3.8, 4) is 5.75 Å². The lowest BCUT2D eigenvalue weighted by atomic mass is 10.2. The first kappa shape index (κ1) is 17.8. The molecule has 1 heterocycles. The molecule has 1 saturated carbocycles. The van der Waals surface area contributed by atoms with Crippen LogP contribution in [0.1, 0.15) is 23.3 Å². The summed E-state index contributed by atoms with van der Waals surface area (Å²) in [5, 5.41) is 9.34. The molecular formula is C21H20N4O3. The zero-order valence-electron chi connectivity index (χ0n) is 15.4. The van der Waals surface area contributed by atoms with Gasteiger partial charge in [-0.05, 0) is 61.4 Å². The Labute approximate surface area is 162 Å². The smallest absolute Gasteiger partial charge is 0.319 e. The van der Waals surface area contributed by atoms with Crippen LogP contribution in [-0.2, 0) is 0 Å². The summed E-state index contributed by atoms with van der Waals surface area (Å²) in [5.41, 5.74) is 2.32. The molecule has 142 valence electrons. The summed E-state index contributed by atoms with van der Waals surface area (Å²) in [7, 11) is 1.61. The third kappa shape index (κ3) is 4.20. The van der Waals surface area contributed by atoms with Gasteiger partial charge in [0, 0.05) is 22.8 Å². The van der Waals surface area contributed by atoms with Crippen LogP contribution in [0.2, 0.25) is 0 Å². The summed E-state index contributed by atoms with van der Waals surface area (Å²) in [6, 6.07) is 16.0. The minimum Gasteiger partial charge on any atom is -0.497 e. The van der Waals surface area contributed by atoms with E-state index in [1.807, 2.05) is 24.3 Å². The Morgan fingerprint density at radius 3 is 2.36 bits per heavy atom. The molecule has 0 radical (unpaired) electrons. The molecule has 0 bridgehead atoms. The van der Waals surface area contributed by atoms with Crippen molar-refractivity contribution in [1.29, 1.82) is 0 Å². The Bertz CT molecular complexity index is 1030. The molecule has 3 amide bonds. The molecule has 7 nitrogen and oxygen atoms in total. The minimum atomic E-state index is -0.301. The van der Waals surface area contributed by atoms with Gasteiger partial charge in [-0.3, -0.25) is 4.79 Å². The number of pyridine rings is 1. The van der Waals surface area contributed by atoms with Crippen molar-refractivity contribution in [2.24, 2.45) is 0 Å². The molecule has 7 heteroatoms. The number of fused-ring (bicyclic) bond motifs is 1. The Balaban J connectivity index is 1.41. The predicted octanol–water partition coefficient (Wildman–Crippen LogP) is 3.78. The van der Waals surface area contributed by atoms with E-state index in [1.165, 1.54) is 0 Å². The van der Waals surface area contributed by atoms with Crippen molar-refractivity contribution >= 4 is 34.2 Å². The fourth-order valence-corrected chi connectivity index (χ4v) is 2.77. The SMILES string of the molecule is COc1ccc2nc(C(=O)Nc3ccc(NC(=O)NC4CC4)cc3)ccc2c1. The van der Waals surface area contributed by atoms with Gasteiger partial charge in [0.25, 0.3) is 5.91 Å².